The summed E-state index contributed by atoms with van der Waals surface area (Å²) in [6.45, 7) is 1.65. The maximum Gasteiger partial charge on any atom is 0.415 e. The smallest absolute Gasteiger partial charge is 0.415 e. The summed E-state index contributed by atoms with van der Waals surface area (Å²) in [5, 5.41) is 32.2. The number of nitrogens with zero attached hydrogens (tertiary/aromatic N) is 3. The van der Waals surface area contributed by atoms with Gasteiger partial charge in [-0.2, -0.15) is 4.98 Å². The molecular weight excluding hydrogens is 314 g/mol. The third-order valence-electron chi connectivity index (χ3n) is 4.25. The summed E-state index contributed by atoms with van der Waals surface area (Å²) in [5.41, 5.74) is 1.39. The number of aliphatic carboxylic acids is 1. The number of piperidine rings is 1. The molecule has 1 aliphatic rings. The minimum absolute atomic E-state index is 0.272. The number of carboxylic acids is 1. The average Bonchev–Trinajstić information content (AvgIpc) is 3.01. The maximum absolute atomic E-state index is 11.1. The SMILES string of the molecule is O=C(O)[C@H]1CCCN(CC(O)c2ccc(-c3noc(O)n3)cc2)C1. The highest BCUT2D eigenvalue weighted by atomic mass is 16.6. The number of carbonyl (C=O) groups is 1. The quantitative estimate of drug-likeness (QED) is 0.748. The standard InChI is InChI=1S/C16H19N3O5/c20-13(9-19-7-1-2-12(8-19)15(21)22)10-3-5-11(6-4-10)14-17-16(23)24-18-14/h3-6,12-13,20H,1-2,7-9H2,(H,21,22)(H,17,18,23)/t12-,13?/m0/s1. The van der Waals surface area contributed by atoms with E-state index < -0.39 is 18.2 Å². The number of aliphatic hydroxyl groups is 1. The first-order chi connectivity index (χ1) is 11.5. The van der Waals surface area contributed by atoms with Crippen molar-refractivity contribution in [1.29, 1.82) is 0 Å². The summed E-state index contributed by atoms with van der Waals surface area (Å²) in [6, 6.07) is 6.98. The van der Waals surface area contributed by atoms with Crippen molar-refractivity contribution in [3.05, 3.63) is 29.8 Å². The molecule has 1 aromatic heterocycles. The summed E-state index contributed by atoms with van der Waals surface area (Å²) in [6.07, 6.45) is 0.315. The Morgan fingerprint density at radius 2 is 2.12 bits per heavy atom. The lowest BCUT2D eigenvalue weighted by Crippen LogP contribution is -2.40. The van der Waals surface area contributed by atoms with Crippen LogP contribution < -0.4 is 0 Å². The van der Waals surface area contributed by atoms with E-state index in [0.717, 1.165) is 18.5 Å². The van der Waals surface area contributed by atoms with E-state index in [0.29, 0.717) is 25.1 Å². The van der Waals surface area contributed by atoms with Gasteiger partial charge >= 0.3 is 12.0 Å². The number of likely N-dealkylation sites (tertiary alicyclic amines) is 1. The Hall–Kier alpha value is -2.45. The normalized spacial score (nSPS) is 20.0. The maximum atomic E-state index is 11.1. The molecule has 0 aliphatic carbocycles. The van der Waals surface area contributed by atoms with Gasteiger partial charge in [0.25, 0.3) is 0 Å². The van der Waals surface area contributed by atoms with Gasteiger partial charge in [0.1, 0.15) is 0 Å². The summed E-state index contributed by atoms with van der Waals surface area (Å²) in [7, 11) is 0. The number of β-amino-alcohol motifs (C(OH)–C–C–N with tert-alkyl or cyclic N) is 1. The number of aromatic nitrogens is 2. The Morgan fingerprint density at radius 3 is 2.75 bits per heavy atom. The molecule has 0 spiro atoms. The second-order valence-corrected chi connectivity index (χ2v) is 5.98. The fourth-order valence-corrected chi connectivity index (χ4v) is 2.96. The number of carboxylic acid groups (broad SMARTS) is 1. The zero-order valence-corrected chi connectivity index (χ0v) is 13.0. The van der Waals surface area contributed by atoms with Crippen LogP contribution in [-0.2, 0) is 4.79 Å². The third-order valence-corrected chi connectivity index (χ3v) is 4.25. The predicted octanol–water partition coefficient (Wildman–Crippen LogP) is 1.27. The van der Waals surface area contributed by atoms with Crippen molar-refractivity contribution in [1.82, 2.24) is 15.0 Å². The van der Waals surface area contributed by atoms with Crippen LogP contribution in [0.25, 0.3) is 11.4 Å². The number of aromatic hydroxyl groups is 1. The van der Waals surface area contributed by atoms with Crippen LogP contribution in [-0.4, -0.2) is 56.0 Å². The van der Waals surface area contributed by atoms with Gasteiger partial charge in [0, 0.05) is 18.7 Å². The molecule has 0 radical (unpaired) electrons. The minimum atomic E-state index is -0.776. The highest BCUT2D eigenvalue weighted by Crippen LogP contribution is 2.23. The van der Waals surface area contributed by atoms with E-state index in [1.54, 1.807) is 24.3 Å². The zero-order chi connectivity index (χ0) is 17.1. The highest BCUT2D eigenvalue weighted by molar-refractivity contribution is 5.70. The molecule has 2 aromatic rings. The van der Waals surface area contributed by atoms with Crippen LogP contribution in [0, 0.1) is 5.92 Å². The minimum Gasteiger partial charge on any atom is -0.481 e. The van der Waals surface area contributed by atoms with Gasteiger partial charge in [0.2, 0.25) is 5.82 Å². The van der Waals surface area contributed by atoms with Crippen LogP contribution in [0.15, 0.2) is 28.8 Å². The predicted molar refractivity (Wildman–Crippen MR) is 83.2 cm³/mol. The first kappa shape index (κ1) is 16.4. The molecule has 3 N–H and O–H groups in total. The van der Waals surface area contributed by atoms with E-state index in [4.69, 9.17) is 10.2 Å². The van der Waals surface area contributed by atoms with Gasteiger partial charge in [-0.15, -0.1) is 0 Å². The lowest BCUT2D eigenvalue weighted by molar-refractivity contribution is -0.143. The van der Waals surface area contributed by atoms with E-state index in [1.165, 1.54) is 0 Å². The first-order valence-electron chi connectivity index (χ1n) is 7.79. The van der Waals surface area contributed by atoms with Crippen molar-refractivity contribution in [3.63, 3.8) is 0 Å². The molecule has 2 heterocycles. The lowest BCUT2D eigenvalue weighted by Gasteiger charge is -2.32. The van der Waals surface area contributed by atoms with Crippen molar-refractivity contribution in [2.75, 3.05) is 19.6 Å². The second-order valence-electron chi connectivity index (χ2n) is 5.98. The second kappa shape index (κ2) is 6.98. The topological polar surface area (TPSA) is 120 Å². The Kier molecular flexibility index (Phi) is 4.77. The molecule has 0 saturated carbocycles. The van der Waals surface area contributed by atoms with Crippen LogP contribution in [0.2, 0.25) is 0 Å². The molecule has 1 aromatic carbocycles. The van der Waals surface area contributed by atoms with Crippen molar-refractivity contribution >= 4 is 5.97 Å². The molecule has 8 heteroatoms. The molecule has 1 unspecified atom stereocenters. The largest absolute Gasteiger partial charge is 0.481 e. The Balaban J connectivity index is 1.62. The molecule has 0 bridgehead atoms. The number of benzene rings is 1. The monoisotopic (exact) mass is 333 g/mol. The molecule has 1 aliphatic heterocycles. The van der Waals surface area contributed by atoms with E-state index in [9.17, 15) is 9.90 Å². The number of hydrogen-bond acceptors (Lipinski definition) is 7. The lowest BCUT2D eigenvalue weighted by atomic mass is 9.97. The van der Waals surface area contributed by atoms with Gasteiger partial charge in [0.15, 0.2) is 0 Å². The summed E-state index contributed by atoms with van der Waals surface area (Å²) >= 11 is 0. The van der Waals surface area contributed by atoms with Gasteiger partial charge in [0.05, 0.1) is 12.0 Å². The molecule has 3 rings (SSSR count). The van der Waals surface area contributed by atoms with E-state index in [1.807, 2.05) is 4.90 Å². The van der Waals surface area contributed by atoms with Crippen molar-refractivity contribution < 1.29 is 24.6 Å². The Bertz CT molecular complexity index is 700. The molecule has 0 amide bonds. The Morgan fingerprint density at radius 1 is 1.38 bits per heavy atom. The number of rotatable bonds is 5. The van der Waals surface area contributed by atoms with Gasteiger partial charge in [-0.3, -0.25) is 14.2 Å². The van der Waals surface area contributed by atoms with Crippen molar-refractivity contribution in [2.24, 2.45) is 5.92 Å². The number of aliphatic hydroxyl groups excluding tert-OH is 1. The third kappa shape index (κ3) is 3.72. The fraction of sp³-hybridized carbons (Fsp3) is 0.438. The van der Waals surface area contributed by atoms with E-state index in [-0.39, 0.29) is 11.7 Å². The summed E-state index contributed by atoms with van der Waals surface area (Å²) in [5.74, 6) is -0.866. The molecule has 128 valence electrons. The van der Waals surface area contributed by atoms with Crippen LogP contribution in [0.1, 0.15) is 24.5 Å². The first-order valence-corrected chi connectivity index (χ1v) is 7.79. The van der Waals surface area contributed by atoms with Crippen molar-refractivity contribution in [2.45, 2.75) is 18.9 Å². The highest BCUT2D eigenvalue weighted by Gasteiger charge is 2.26. The molecule has 8 nitrogen and oxygen atoms in total. The van der Waals surface area contributed by atoms with E-state index in [2.05, 4.69) is 14.7 Å². The number of hydrogen-bond donors (Lipinski definition) is 3. The molecular formula is C16H19N3O5. The summed E-state index contributed by atoms with van der Waals surface area (Å²) in [4.78, 5) is 16.8. The zero-order valence-electron chi connectivity index (χ0n) is 13.0. The molecule has 1 fully saturated rings. The van der Waals surface area contributed by atoms with Gasteiger partial charge < -0.3 is 15.3 Å². The van der Waals surface area contributed by atoms with Crippen LogP contribution in [0.4, 0.5) is 0 Å². The average molecular weight is 333 g/mol. The van der Waals surface area contributed by atoms with Gasteiger partial charge in [-0.1, -0.05) is 29.4 Å². The molecule has 2 atom stereocenters. The molecule has 1 saturated heterocycles. The van der Waals surface area contributed by atoms with E-state index >= 15 is 0 Å². The van der Waals surface area contributed by atoms with Crippen LogP contribution in [0.5, 0.6) is 6.08 Å². The van der Waals surface area contributed by atoms with Gasteiger partial charge in [-0.25, -0.2) is 0 Å². The fourth-order valence-electron chi connectivity index (χ4n) is 2.96. The van der Waals surface area contributed by atoms with Crippen molar-refractivity contribution in [3.8, 4) is 17.5 Å². The van der Waals surface area contributed by atoms with Crippen LogP contribution >= 0.6 is 0 Å². The Labute approximate surface area is 138 Å². The molecule has 24 heavy (non-hydrogen) atoms. The van der Waals surface area contributed by atoms with Crippen LogP contribution in [0.3, 0.4) is 0 Å². The summed E-state index contributed by atoms with van der Waals surface area (Å²) < 4.78 is 4.52. The van der Waals surface area contributed by atoms with Gasteiger partial charge in [-0.05, 0) is 24.9 Å².